The van der Waals surface area contributed by atoms with Crippen molar-refractivity contribution in [3.8, 4) is 0 Å². The molecular weight excluding hydrogens is 242 g/mol. The van der Waals surface area contributed by atoms with Gasteiger partial charge in [0.15, 0.2) is 0 Å². The molecule has 0 saturated carbocycles. The molecule has 1 saturated heterocycles. The number of hydrogen-bond donors (Lipinski definition) is 1. The summed E-state index contributed by atoms with van der Waals surface area (Å²) in [5, 5.41) is 8.76. The highest BCUT2D eigenvalue weighted by Crippen LogP contribution is 2.30. The molecule has 0 amide bonds. The van der Waals surface area contributed by atoms with Crippen LogP contribution in [0.15, 0.2) is 30.3 Å². The lowest BCUT2D eigenvalue weighted by molar-refractivity contribution is -0.131. The zero-order chi connectivity index (χ0) is 13.9. The van der Waals surface area contributed by atoms with Crippen molar-refractivity contribution in [1.29, 1.82) is 0 Å². The quantitative estimate of drug-likeness (QED) is 0.849. The van der Waals surface area contributed by atoms with Gasteiger partial charge in [-0.3, -0.25) is 0 Å². The number of benzene rings is 1. The first-order valence-corrected chi connectivity index (χ1v) is 6.36. The number of rotatable bonds is 3. The second-order valence-electron chi connectivity index (χ2n) is 5.25. The molecule has 0 bridgehead atoms. The number of para-hydroxylation sites is 1. The molecule has 1 fully saturated rings. The highest BCUT2D eigenvalue weighted by molar-refractivity contribution is 5.87. The van der Waals surface area contributed by atoms with Gasteiger partial charge in [-0.25, -0.2) is 4.79 Å². The van der Waals surface area contributed by atoms with Crippen molar-refractivity contribution in [3.63, 3.8) is 0 Å². The highest BCUT2D eigenvalue weighted by Gasteiger charge is 2.31. The molecule has 19 heavy (non-hydrogen) atoms. The molecule has 1 N–H and O–H groups in total. The second kappa shape index (κ2) is 5.45. The molecule has 1 aliphatic heterocycles. The Morgan fingerprint density at radius 1 is 1.42 bits per heavy atom. The summed E-state index contributed by atoms with van der Waals surface area (Å²) >= 11 is 0. The average molecular weight is 261 g/mol. The van der Waals surface area contributed by atoms with Crippen LogP contribution in [0.25, 0.3) is 6.08 Å². The van der Waals surface area contributed by atoms with Crippen LogP contribution in [-0.2, 0) is 9.53 Å². The van der Waals surface area contributed by atoms with Gasteiger partial charge in [0.25, 0.3) is 0 Å². The Morgan fingerprint density at radius 2 is 2.16 bits per heavy atom. The number of carboxylic acids is 1. The molecule has 0 radical (unpaired) electrons. The van der Waals surface area contributed by atoms with E-state index < -0.39 is 5.97 Å². The summed E-state index contributed by atoms with van der Waals surface area (Å²) in [6.07, 6.45) is 2.81. The minimum atomic E-state index is -0.934. The standard InChI is InChI=1S/C15H19NO3/c1-15(2)11-19-10-9-16(15)13-6-4-3-5-12(13)7-8-14(17)18/h3-8H,9-11H2,1-2H3,(H,17,18)/b8-7+. The van der Waals surface area contributed by atoms with Crippen molar-refractivity contribution >= 4 is 17.7 Å². The first kappa shape index (κ1) is 13.6. The summed E-state index contributed by atoms with van der Waals surface area (Å²) in [6, 6.07) is 7.84. The molecule has 0 unspecified atom stereocenters. The van der Waals surface area contributed by atoms with Gasteiger partial charge < -0.3 is 14.7 Å². The van der Waals surface area contributed by atoms with E-state index in [-0.39, 0.29) is 5.54 Å². The minimum Gasteiger partial charge on any atom is -0.478 e. The molecule has 102 valence electrons. The number of anilines is 1. The summed E-state index contributed by atoms with van der Waals surface area (Å²) < 4.78 is 5.52. The van der Waals surface area contributed by atoms with Gasteiger partial charge in [0.1, 0.15) is 0 Å². The van der Waals surface area contributed by atoms with E-state index in [1.165, 1.54) is 6.08 Å². The zero-order valence-corrected chi connectivity index (χ0v) is 11.3. The fourth-order valence-corrected chi connectivity index (χ4v) is 2.34. The topological polar surface area (TPSA) is 49.8 Å². The van der Waals surface area contributed by atoms with Crippen LogP contribution in [-0.4, -0.2) is 36.4 Å². The number of nitrogens with zero attached hydrogens (tertiary/aromatic N) is 1. The number of carbonyl (C=O) groups is 1. The normalized spacial score (nSPS) is 18.7. The third-order valence-corrected chi connectivity index (χ3v) is 3.28. The predicted molar refractivity (Wildman–Crippen MR) is 75.4 cm³/mol. The Morgan fingerprint density at radius 3 is 2.84 bits per heavy atom. The smallest absolute Gasteiger partial charge is 0.328 e. The van der Waals surface area contributed by atoms with E-state index in [0.717, 1.165) is 17.8 Å². The van der Waals surface area contributed by atoms with Gasteiger partial charge in [-0.05, 0) is 31.6 Å². The van der Waals surface area contributed by atoms with Gasteiger partial charge >= 0.3 is 5.97 Å². The maximum absolute atomic E-state index is 10.7. The molecule has 0 spiro atoms. The first-order chi connectivity index (χ1) is 9.00. The highest BCUT2D eigenvalue weighted by atomic mass is 16.5. The monoisotopic (exact) mass is 261 g/mol. The minimum absolute atomic E-state index is 0.0918. The Bertz CT molecular complexity index is 494. The van der Waals surface area contributed by atoms with Crippen LogP contribution in [0.4, 0.5) is 5.69 Å². The third kappa shape index (κ3) is 3.15. The fourth-order valence-electron chi connectivity index (χ4n) is 2.34. The molecule has 1 aromatic rings. The van der Waals surface area contributed by atoms with Crippen molar-refractivity contribution < 1.29 is 14.6 Å². The predicted octanol–water partition coefficient (Wildman–Crippen LogP) is 2.40. The van der Waals surface area contributed by atoms with Gasteiger partial charge in [0, 0.05) is 18.3 Å². The average Bonchev–Trinajstić information content (AvgIpc) is 2.36. The van der Waals surface area contributed by atoms with E-state index in [9.17, 15) is 4.79 Å². The van der Waals surface area contributed by atoms with E-state index >= 15 is 0 Å². The van der Waals surface area contributed by atoms with E-state index in [0.29, 0.717) is 13.2 Å². The summed E-state index contributed by atoms with van der Waals surface area (Å²) in [6.45, 7) is 6.43. The largest absolute Gasteiger partial charge is 0.478 e. The molecule has 1 aromatic carbocycles. The molecule has 2 rings (SSSR count). The molecule has 0 atom stereocenters. The number of morpholine rings is 1. The van der Waals surface area contributed by atoms with Gasteiger partial charge in [-0.2, -0.15) is 0 Å². The molecule has 4 nitrogen and oxygen atoms in total. The maximum Gasteiger partial charge on any atom is 0.328 e. The Labute approximate surface area is 113 Å². The molecule has 0 aromatic heterocycles. The lowest BCUT2D eigenvalue weighted by Crippen LogP contribution is -2.53. The first-order valence-electron chi connectivity index (χ1n) is 6.36. The van der Waals surface area contributed by atoms with Crippen LogP contribution in [0.2, 0.25) is 0 Å². The van der Waals surface area contributed by atoms with Crippen molar-refractivity contribution in [1.82, 2.24) is 0 Å². The molecule has 0 aliphatic carbocycles. The van der Waals surface area contributed by atoms with Crippen molar-refractivity contribution in [2.75, 3.05) is 24.7 Å². The number of hydrogen-bond acceptors (Lipinski definition) is 3. The van der Waals surface area contributed by atoms with Gasteiger partial charge in [0.2, 0.25) is 0 Å². The lowest BCUT2D eigenvalue weighted by Gasteiger charge is -2.44. The SMILES string of the molecule is CC1(C)COCCN1c1ccccc1/C=C/C(=O)O. The lowest BCUT2D eigenvalue weighted by atomic mass is 9.99. The zero-order valence-electron chi connectivity index (χ0n) is 11.3. The third-order valence-electron chi connectivity index (χ3n) is 3.28. The van der Waals surface area contributed by atoms with Gasteiger partial charge in [-0.1, -0.05) is 18.2 Å². The summed E-state index contributed by atoms with van der Waals surface area (Å²) in [4.78, 5) is 12.9. The van der Waals surface area contributed by atoms with E-state index in [1.807, 2.05) is 24.3 Å². The van der Waals surface area contributed by atoms with Crippen LogP contribution >= 0.6 is 0 Å². The molecule has 4 heteroatoms. The van der Waals surface area contributed by atoms with Gasteiger partial charge in [0.05, 0.1) is 18.8 Å². The van der Waals surface area contributed by atoms with Crippen LogP contribution in [0, 0.1) is 0 Å². The van der Waals surface area contributed by atoms with Crippen LogP contribution in [0.3, 0.4) is 0 Å². The summed E-state index contributed by atoms with van der Waals surface area (Å²) in [7, 11) is 0. The van der Waals surface area contributed by atoms with Gasteiger partial charge in [-0.15, -0.1) is 0 Å². The summed E-state index contributed by atoms with van der Waals surface area (Å²) in [5.41, 5.74) is 1.87. The van der Waals surface area contributed by atoms with Crippen molar-refractivity contribution in [3.05, 3.63) is 35.9 Å². The summed E-state index contributed by atoms with van der Waals surface area (Å²) in [5.74, 6) is -0.934. The van der Waals surface area contributed by atoms with Crippen molar-refractivity contribution in [2.24, 2.45) is 0 Å². The number of carboxylic acid groups (broad SMARTS) is 1. The van der Waals surface area contributed by atoms with Crippen LogP contribution in [0.5, 0.6) is 0 Å². The number of ether oxygens (including phenoxy) is 1. The maximum atomic E-state index is 10.7. The Balaban J connectivity index is 2.36. The molecule has 1 heterocycles. The van der Waals surface area contributed by atoms with Crippen molar-refractivity contribution in [2.45, 2.75) is 19.4 Å². The second-order valence-corrected chi connectivity index (χ2v) is 5.25. The van der Waals surface area contributed by atoms with Crippen LogP contribution in [0.1, 0.15) is 19.4 Å². The molecule has 1 aliphatic rings. The van der Waals surface area contributed by atoms with Crippen LogP contribution < -0.4 is 4.90 Å². The fraction of sp³-hybridized carbons (Fsp3) is 0.400. The Hall–Kier alpha value is -1.81. The Kier molecular flexibility index (Phi) is 3.90. The van der Waals surface area contributed by atoms with E-state index in [1.54, 1.807) is 6.08 Å². The molecular formula is C15H19NO3. The number of aliphatic carboxylic acids is 1. The van der Waals surface area contributed by atoms with E-state index in [4.69, 9.17) is 9.84 Å². The van der Waals surface area contributed by atoms with E-state index in [2.05, 4.69) is 18.7 Å².